The molecule has 0 bridgehead atoms. The molecule has 4 rings (SSSR count). The maximum atomic E-state index is 13.6. The lowest BCUT2D eigenvalue weighted by atomic mass is 9.51. The summed E-state index contributed by atoms with van der Waals surface area (Å²) in [5.74, 6) is -9.48. The fourth-order valence-electron chi connectivity index (χ4n) is 8.35. The van der Waals surface area contributed by atoms with Gasteiger partial charge in [-0.1, -0.05) is 54.5 Å². The van der Waals surface area contributed by atoms with Crippen LogP contribution in [0.3, 0.4) is 0 Å². The van der Waals surface area contributed by atoms with E-state index < -0.39 is 120 Å². The lowest BCUT2D eigenvalue weighted by Gasteiger charge is -2.59. The fourth-order valence-corrected chi connectivity index (χ4v) is 8.35. The molecule has 11 atom stereocenters. The molecule has 1 saturated carbocycles. The molecule has 324 valence electrons. The van der Waals surface area contributed by atoms with Gasteiger partial charge in [0, 0.05) is 39.0 Å². The minimum atomic E-state index is -2.49. The second kappa shape index (κ2) is 18.3. The Hall–Kier alpha value is -4.35. The molecule has 2 aliphatic carbocycles. The Balaban J connectivity index is 2.13. The van der Waals surface area contributed by atoms with Gasteiger partial charge < -0.3 is 48.1 Å². The first-order valence-electron chi connectivity index (χ1n) is 19.7. The smallest absolute Gasteiger partial charge is 0.332 e. The van der Waals surface area contributed by atoms with Crippen LogP contribution in [-0.2, 0) is 71.5 Å². The largest absolute Gasteiger partial charge is 0.461 e. The van der Waals surface area contributed by atoms with Gasteiger partial charge in [0.15, 0.2) is 30.0 Å². The molecule has 0 aromatic carbocycles. The van der Waals surface area contributed by atoms with Gasteiger partial charge in [-0.2, -0.15) is 0 Å². The summed E-state index contributed by atoms with van der Waals surface area (Å²) in [5.41, 5.74) is -6.22. The number of aliphatic hydroxyl groups is 2. The van der Waals surface area contributed by atoms with Crippen molar-refractivity contribution >= 4 is 41.8 Å². The van der Waals surface area contributed by atoms with E-state index in [0.29, 0.717) is 0 Å². The van der Waals surface area contributed by atoms with E-state index in [1.54, 1.807) is 27.7 Å². The Kier molecular flexibility index (Phi) is 14.6. The Bertz CT molecular complexity index is 1660. The number of hydrogen-bond acceptors (Lipinski definition) is 17. The predicted octanol–water partition coefficient (Wildman–Crippen LogP) is 2.45. The van der Waals surface area contributed by atoms with Gasteiger partial charge in [0.1, 0.15) is 31.0 Å². The summed E-state index contributed by atoms with van der Waals surface area (Å²) in [6, 6.07) is 0. The van der Waals surface area contributed by atoms with Crippen LogP contribution in [0, 0.1) is 35.0 Å². The Morgan fingerprint density at radius 2 is 1.33 bits per heavy atom. The molecule has 2 N–H and O–H groups in total. The highest BCUT2D eigenvalue weighted by Crippen LogP contribution is 2.63. The highest BCUT2D eigenvalue weighted by Gasteiger charge is 2.81. The van der Waals surface area contributed by atoms with Gasteiger partial charge >= 0.3 is 41.8 Å². The zero-order valence-electron chi connectivity index (χ0n) is 34.8. The van der Waals surface area contributed by atoms with E-state index >= 15 is 0 Å². The van der Waals surface area contributed by atoms with E-state index in [1.165, 1.54) is 32.1 Å². The van der Waals surface area contributed by atoms with E-state index in [4.69, 9.17) is 37.9 Å². The van der Waals surface area contributed by atoms with Crippen LogP contribution in [0.15, 0.2) is 23.8 Å². The molecule has 0 aromatic rings. The van der Waals surface area contributed by atoms with Gasteiger partial charge in [-0.25, -0.2) is 4.79 Å². The van der Waals surface area contributed by atoms with Crippen LogP contribution >= 0.6 is 0 Å². The van der Waals surface area contributed by atoms with E-state index in [2.05, 4.69) is 0 Å². The molecular formula is C41H58O17. The number of epoxide rings is 1. The number of esters is 7. The van der Waals surface area contributed by atoms with Crippen molar-refractivity contribution in [2.24, 2.45) is 35.0 Å². The first-order chi connectivity index (χ1) is 27.0. The van der Waals surface area contributed by atoms with Crippen LogP contribution in [0.2, 0.25) is 0 Å². The van der Waals surface area contributed by atoms with Gasteiger partial charge in [-0.05, 0) is 42.4 Å². The van der Waals surface area contributed by atoms with Crippen molar-refractivity contribution in [2.75, 3.05) is 19.8 Å². The van der Waals surface area contributed by atoms with Crippen LogP contribution in [0.5, 0.6) is 0 Å². The zero-order valence-corrected chi connectivity index (χ0v) is 34.8. The zero-order chi connectivity index (χ0) is 43.5. The van der Waals surface area contributed by atoms with E-state index in [0.717, 1.165) is 13.8 Å². The summed E-state index contributed by atoms with van der Waals surface area (Å²) >= 11 is 0. The minimum Gasteiger partial charge on any atom is -0.461 e. The summed E-state index contributed by atoms with van der Waals surface area (Å²) in [5, 5.41) is 23.1. The maximum Gasteiger partial charge on any atom is 0.332 e. The molecule has 0 amide bonds. The SMILES string of the molecule is CC(=O)O[C@H]1[C@@H](OC(=O)CC(C)C)[C@@H](OC(=O)CC(C)C)[C@]2(CO2)[C@@H]2[C@H](OC(C)=O)[C@@]3(O)[C@H](/C=C(COC(=O)CC(C)C)\C=C/[C@@H](OC(=O)CO)[C@@]12C)OC(=O)[C@@H]3C. The first kappa shape index (κ1) is 46.3. The number of ether oxygens (including phenoxy) is 8. The number of rotatable bonds is 14. The van der Waals surface area contributed by atoms with Crippen molar-refractivity contribution in [3.63, 3.8) is 0 Å². The molecule has 2 heterocycles. The van der Waals surface area contributed by atoms with Crippen LogP contribution in [0.4, 0.5) is 0 Å². The second-order valence-electron chi connectivity index (χ2n) is 17.1. The molecule has 0 radical (unpaired) electrons. The second-order valence-corrected chi connectivity index (χ2v) is 17.1. The summed E-state index contributed by atoms with van der Waals surface area (Å²) in [4.78, 5) is 93.1. The number of hydrogen-bond donors (Lipinski definition) is 2. The van der Waals surface area contributed by atoms with Crippen molar-refractivity contribution in [3.05, 3.63) is 23.8 Å². The van der Waals surface area contributed by atoms with Gasteiger partial charge in [0.2, 0.25) is 0 Å². The molecule has 17 nitrogen and oxygen atoms in total. The molecule has 2 aliphatic heterocycles. The van der Waals surface area contributed by atoms with Crippen LogP contribution in [-0.4, -0.2) is 120 Å². The minimum absolute atomic E-state index is 0.0519. The number of carbonyl (C=O) groups is 7. The molecule has 4 aliphatic rings. The molecule has 1 spiro atoms. The van der Waals surface area contributed by atoms with Crippen molar-refractivity contribution in [1.29, 1.82) is 0 Å². The normalized spacial score (nSPS) is 35.4. The molecule has 0 aromatic heterocycles. The molecule has 58 heavy (non-hydrogen) atoms. The highest BCUT2D eigenvalue weighted by molar-refractivity contribution is 5.78. The van der Waals surface area contributed by atoms with Crippen LogP contribution in [0.25, 0.3) is 0 Å². The van der Waals surface area contributed by atoms with Gasteiger partial charge in [-0.3, -0.25) is 28.8 Å². The van der Waals surface area contributed by atoms with Crippen molar-refractivity contribution < 1.29 is 81.7 Å². The van der Waals surface area contributed by atoms with Crippen molar-refractivity contribution in [3.8, 4) is 0 Å². The summed E-state index contributed by atoms with van der Waals surface area (Å²) < 4.78 is 47.8. The molecule has 3 fully saturated rings. The molecule has 0 unspecified atom stereocenters. The quantitative estimate of drug-likeness (QED) is 0.145. The third-order valence-electron chi connectivity index (χ3n) is 11.0. The average molecular weight is 823 g/mol. The summed E-state index contributed by atoms with van der Waals surface area (Å²) in [7, 11) is 0. The van der Waals surface area contributed by atoms with Gasteiger partial charge in [0.25, 0.3) is 0 Å². The van der Waals surface area contributed by atoms with Gasteiger partial charge in [0.05, 0.1) is 17.9 Å². The van der Waals surface area contributed by atoms with E-state index in [9.17, 15) is 43.8 Å². The van der Waals surface area contributed by atoms with Crippen LogP contribution in [0.1, 0.15) is 88.5 Å². The average Bonchev–Trinajstić information content (AvgIpc) is 3.85. The van der Waals surface area contributed by atoms with Gasteiger partial charge in [-0.15, -0.1) is 0 Å². The van der Waals surface area contributed by atoms with Crippen molar-refractivity contribution in [1.82, 2.24) is 0 Å². The molecular weight excluding hydrogens is 764 g/mol. The van der Waals surface area contributed by atoms with Crippen molar-refractivity contribution in [2.45, 2.75) is 136 Å². The highest BCUT2D eigenvalue weighted by atomic mass is 16.7. The predicted molar refractivity (Wildman–Crippen MR) is 199 cm³/mol. The fraction of sp³-hybridized carbons (Fsp3) is 0.732. The Morgan fingerprint density at radius 3 is 1.84 bits per heavy atom. The summed E-state index contributed by atoms with van der Waals surface area (Å²) in [6.07, 6.45) is -6.26. The first-order valence-corrected chi connectivity index (χ1v) is 19.7. The van der Waals surface area contributed by atoms with E-state index in [1.807, 2.05) is 13.8 Å². The number of fused-ring (bicyclic) bond motifs is 3. The lowest BCUT2D eigenvalue weighted by Crippen LogP contribution is -2.76. The molecule has 2 saturated heterocycles. The number of carbonyl (C=O) groups excluding carboxylic acids is 7. The standard InChI is InChI=1S/C41H58O17/c1-20(2)13-29(45)51-18-26-11-12-27(55-32(48)17-42)39(10)34(37(54-25(9)44)41(50)23(7)38(49)56-28(41)16-26)40(19-52-40)36(58-31(47)15-22(5)6)33(35(39)53-24(8)43)57-30(46)14-21(3)4/h11-12,16,20-23,27-28,33-37,42,50H,13-15,17-19H2,1-10H3/b12-11-,26-16+/t23-,27+,28-,33+,34+,35-,36+,37-,39+,40-,41-/m0/s1. The lowest BCUT2D eigenvalue weighted by molar-refractivity contribution is -0.280. The third-order valence-corrected chi connectivity index (χ3v) is 11.0. The number of aliphatic hydroxyl groups excluding tert-OH is 1. The van der Waals surface area contributed by atoms with E-state index in [-0.39, 0.29) is 49.2 Å². The van der Waals surface area contributed by atoms with Crippen LogP contribution < -0.4 is 0 Å². The Labute approximate surface area is 338 Å². The molecule has 17 heteroatoms. The topological polar surface area (TPSA) is 237 Å². The monoisotopic (exact) mass is 822 g/mol. The maximum absolute atomic E-state index is 13.6. The third kappa shape index (κ3) is 9.74. The summed E-state index contributed by atoms with van der Waals surface area (Å²) in [6.45, 7) is 13.8. The Morgan fingerprint density at radius 1 is 0.793 bits per heavy atom.